The minimum atomic E-state index is 0. The van der Waals surface area contributed by atoms with E-state index in [2.05, 4.69) is 90.2 Å². The second-order valence-corrected chi connectivity index (χ2v) is 7.54. The Morgan fingerprint density at radius 2 is 0.871 bits per heavy atom. The van der Waals surface area contributed by atoms with Gasteiger partial charge in [-0.15, -0.1) is 12.1 Å². The number of hydrogen-bond donors (Lipinski definition) is 0. The smallest absolute Gasteiger partial charge is 0.678 e. The topological polar surface area (TPSA) is 90.5 Å². The summed E-state index contributed by atoms with van der Waals surface area (Å²) in [7, 11) is 0. The maximum Gasteiger partial charge on any atom is 6.00 e. The van der Waals surface area contributed by atoms with Gasteiger partial charge in [0.2, 0.25) is 0 Å². The Hall–Kier alpha value is -0.197. The molecule has 0 fully saturated rings. The largest absolute Gasteiger partial charge is 6.00 e. The molecule has 0 saturated heterocycles. The fraction of sp³-hybridized carbons (Fsp3) is 0.917. The van der Waals surface area contributed by atoms with Crippen LogP contribution in [0.15, 0.2) is 0 Å². The summed E-state index contributed by atoms with van der Waals surface area (Å²) in [5.74, 6) is 0. The van der Waals surface area contributed by atoms with Gasteiger partial charge in [-0.1, -0.05) is 107 Å². The van der Waals surface area contributed by atoms with Gasteiger partial charge in [0.1, 0.15) is 0 Å². The Morgan fingerprint density at radius 3 is 1.06 bits per heavy atom. The molecule has 7 heteroatoms. The van der Waals surface area contributed by atoms with Crippen LogP contribution in [-0.4, -0.2) is 51.1 Å². The molecular weight excluding hydrogens is 477 g/mol. The molecule has 186 valence electrons. The van der Waals surface area contributed by atoms with E-state index in [1.165, 1.54) is 25.7 Å². The van der Waals surface area contributed by atoms with Crippen LogP contribution in [0.1, 0.15) is 107 Å². The van der Waals surface area contributed by atoms with Crippen molar-refractivity contribution in [3.05, 3.63) is 21.3 Å². The minimum Gasteiger partial charge on any atom is -0.678 e. The van der Waals surface area contributed by atoms with Gasteiger partial charge in [0.15, 0.2) is 0 Å². The summed E-state index contributed by atoms with van der Waals surface area (Å²) < 4.78 is 0. The summed E-state index contributed by atoms with van der Waals surface area (Å²) >= 11 is 0. The Morgan fingerprint density at radius 1 is 0.581 bits per heavy atom. The van der Waals surface area contributed by atoms with Gasteiger partial charge in [0.05, 0.1) is 0 Å². The van der Waals surface area contributed by atoms with Crippen LogP contribution in [-0.2, 0) is 29.1 Å². The summed E-state index contributed by atoms with van der Waals surface area (Å²) in [5.41, 5.74) is 0. The van der Waals surface area contributed by atoms with Crippen LogP contribution in [0.5, 0.6) is 0 Å². The van der Waals surface area contributed by atoms with Crippen molar-refractivity contribution in [2.24, 2.45) is 0 Å². The minimum absolute atomic E-state index is 0. The van der Waals surface area contributed by atoms with Crippen molar-refractivity contribution < 1.29 is 29.1 Å². The molecule has 0 N–H and O–H groups in total. The summed E-state index contributed by atoms with van der Waals surface area (Å²) in [4.78, 5) is 15.5. The molecule has 0 aliphatic heterocycles. The van der Waals surface area contributed by atoms with E-state index in [1.54, 1.807) is 0 Å². The molecule has 0 aromatic rings. The van der Waals surface area contributed by atoms with E-state index in [0.29, 0.717) is 12.1 Å². The van der Waals surface area contributed by atoms with E-state index in [4.69, 9.17) is 9.59 Å². The summed E-state index contributed by atoms with van der Waals surface area (Å²) in [6.45, 7) is 25.7. The van der Waals surface area contributed by atoms with E-state index in [9.17, 15) is 0 Å². The molecule has 2 atom stereocenters. The van der Waals surface area contributed by atoms with E-state index < -0.39 is 0 Å². The molecule has 0 saturated carbocycles. The Bertz CT molecular complexity index is 255. The molecule has 0 aromatic carbocycles. The number of hydrogen-bond acceptors (Lipinski definition) is 2. The maximum atomic E-state index is 7.75. The molecule has 31 heavy (non-hydrogen) atoms. The third kappa shape index (κ3) is 40.7. The average molecular weight is 528 g/mol. The second kappa shape index (κ2) is 37.1. The quantitative estimate of drug-likeness (QED) is 0.118. The SMILES string of the molecule is CCCCC([N-]CCC)[N-]C(C)C.CCCCC([N-]CCC)[N-]C(C)C.[CH-]=O.[CH-]=O.[Ru+6]. The van der Waals surface area contributed by atoms with Crippen molar-refractivity contribution in [1.29, 1.82) is 0 Å². The first kappa shape index (κ1) is 41.1. The van der Waals surface area contributed by atoms with Crippen LogP contribution in [0.4, 0.5) is 0 Å². The first-order valence-electron chi connectivity index (χ1n) is 11.6. The fourth-order valence-electron chi connectivity index (χ4n) is 2.44. The molecule has 6 nitrogen and oxygen atoms in total. The van der Waals surface area contributed by atoms with Crippen LogP contribution >= 0.6 is 0 Å². The fourth-order valence-corrected chi connectivity index (χ4v) is 2.44. The van der Waals surface area contributed by atoms with Crippen molar-refractivity contribution in [3.8, 4) is 0 Å². The van der Waals surface area contributed by atoms with E-state index in [1.807, 2.05) is 0 Å². The molecule has 0 aliphatic carbocycles. The zero-order valence-corrected chi connectivity index (χ0v) is 23.2. The number of rotatable bonds is 16. The van der Waals surface area contributed by atoms with E-state index in [0.717, 1.165) is 38.8 Å². The van der Waals surface area contributed by atoms with Gasteiger partial charge in [0, 0.05) is 0 Å². The summed E-state index contributed by atoms with van der Waals surface area (Å²) in [5, 5.41) is 18.3. The average Bonchev–Trinajstić information content (AvgIpc) is 2.74. The molecule has 0 aliphatic rings. The van der Waals surface area contributed by atoms with Crippen molar-refractivity contribution in [3.63, 3.8) is 0 Å². The van der Waals surface area contributed by atoms with Crippen molar-refractivity contribution in [2.75, 3.05) is 13.1 Å². The van der Waals surface area contributed by atoms with Crippen LogP contribution in [0, 0.1) is 0 Å². The molecule has 0 bridgehead atoms. The number of carbonyl (C=O) groups excluding carboxylic acids is 2. The van der Waals surface area contributed by atoms with Gasteiger partial charge in [-0.2, -0.15) is 13.1 Å². The van der Waals surface area contributed by atoms with Crippen molar-refractivity contribution in [1.82, 2.24) is 0 Å². The van der Waals surface area contributed by atoms with Crippen molar-refractivity contribution >= 4 is 13.6 Å². The molecule has 0 amide bonds. The predicted molar refractivity (Wildman–Crippen MR) is 134 cm³/mol. The number of unbranched alkanes of at least 4 members (excludes halogenated alkanes) is 2. The monoisotopic (exact) mass is 528 g/mol. The molecule has 0 aromatic heterocycles. The van der Waals surface area contributed by atoms with Gasteiger partial charge in [0.25, 0.3) is 0 Å². The third-order valence-corrected chi connectivity index (χ3v) is 3.70. The van der Waals surface area contributed by atoms with Crippen LogP contribution in [0.2, 0.25) is 0 Å². The molecule has 0 heterocycles. The van der Waals surface area contributed by atoms with Crippen LogP contribution < -0.4 is 0 Å². The third-order valence-electron chi connectivity index (χ3n) is 3.70. The summed E-state index contributed by atoms with van der Waals surface area (Å²) in [6, 6.07) is 0.838. The zero-order chi connectivity index (χ0) is 24.2. The first-order valence-corrected chi connectivity index (χ1v) is 11.6. The predicted octanol–water partition coefficient (Wildman–Crippen LogP) is 7.59. The molecule has 0 spiro atoms. The van der Waals surface area contributed by atoms with Gasteiger partial charge >= 0.3 is 19.5 Å². The van der Waals surface area contributed by atoms with Gasteiger partial charge in [-0.3, -0.25) is 13.6 Å². The van der Waals surface area contributed by atoms with Crippen LogP contribution in [0.3, 0.4) is 0 Å². The molecular formula is C24H50N4O2Ru. The van der Waals surface area contributed by atoms with Crippen LogP contribution in [0.25, 0.3) is 21.3 Å². The first-order chi connectivity index (χ1) is 14.4. The Kier molecular flexibility index (Phi) is 49.2. The standard InChI is InChI=1S/2C11H24N2.2CHO.Ru/c2*1-5-7-8-11(12-9-6-2)13-10(3)4;2*1-2;/h2*10-11H,5-9H2,1-4H3;2*1H;/q2*-2;2*-1;+6. The zero-order valence-electron chi connectivity index (χ0n) is 21.5. The van der Waals surface area contributed by atoms with E-state index >= 15 is 0 Å². The summed E-state index contributed by atoms with van der Waals surface area (Å²) in [6.07, 6.45) is 10.0. The van der Waals surface area contributed by atoms with Gasteiger partial charge < -0.3 is 30.9 Å². The molecule has 0 rings (SSSR count). The van der Waals surface area contributed by atoms with Crippen molar-refractivity contribution in [2.45, 2.75) is 131 Å². The molecule has 0 radical (unpaired) electrons. The second-order valence-electron chi connectivity index (χ2n) is 7.54. The Labute approximate surface area is 208 Å². The Balaban J connectivity index is -0.000000122. The molecule has 2 unspecified atom stereocenters. The maximum absolute atomic E-state index is 7.75. The number of nitrogens with zero attached hydrogens (tertiary/aromatic N) is 4. The van der Waals surface area contributed by atoms with Gasteiger partial charge in [-0.25, -0.2) is 12.3 Å². The van der Waals surface area contributed by atoms with Gasteiger partial charge in [-0.05, 0) is 0 Å². The van der Waals surface area contributed by atoms with E-state index in [-0.39, 0.29) is 31.8 Å². The normalized spacial score (nSPS) is 11.7.